The summed E-state index contributed by atoms with van der Waals surface area (Å²) in [6.07, 6.45) is 10.4. The van der Waals surface area contributed by atoms with Gasteiger partial charge in [0.1, 0.15) is 6.10 Å². The molecule has 0 saturated carbocycles. The van der Waals surface area contributed by atoms with E-state index < -0.39 is 0 Å². The molecular formula is C22H32N2O3. The van der Waals surface area contributed by atoms with E-state index in [1.54, 1.807) is 13.2 Å². The second-order valence-corrected chi connectivity index (χ2v) is 7.60. The van der Waals surface area contributed by atoms with E-state index in [-0.39, 0.29) is 12.0 Å². The monoisotopic (exact) mass is 372 g/mol. The highest BCUT2D eigenvalue weighted by Gasteiger charge is 2.20. The lowest BCUT2D eigenvalue weighted by molar-refractivity contribution is 0.0953. The molecule has 1 saturated heterocycles. The number of carbonyl (C=O) groups excluding carboxylic acids is 1. The zero-order chi connectivity index (χ0) is 19.1. The van der Waals surface area contributed by atoms with Gasteiger partial charge in [0.2, 0.25) is 0 Å². The normalized spacial score (nSPS) is 18.7. The van der Waals surface area contributed by atoms with Crippen LogP contribution in [0, 0.1) is 0 Å². The zero-order valence-electron chi connectivity index (χ0n) is 16.6. The SMILES string of the molecule is COc1cc(C(=O)NCCC2=CCCCC2)ccc1OC1CCN(C)CC1. The van der Waals surface area contributed by atoms with Crippen LogP contribution >= 0.6 is 0 Å². The molecule has 148 valence electrons. The van der Waals surface area contributed by atoms with Crippen molar-refractivity contribution < 1.29 is 14.3 Å². The highest BCUT2D eigenvalue weighted by molar-refractivity contribution is 5.94. The number of nitrogens with zero attached hydrogens (tertiary/aromatic N) is 1. The quantitative estimate of drug-likeness (QED) is 0.740. The van der Waals surface area contributed by atoms with E-state index >= 15 is 0 Å². The van der Waals surface area contributed by atoms with Crippen LogP contribution in [-0.4, -0.2) is 50.7 Å². The van der Waals surface area contributed by atoms with Crippen LogP contribution < -0.4 is 14.8 Å². The Morgan fingerprint density at radius 3 is 2.74 bits per heavy atom. The first-order valence-corrected chi connectivity index (χ1v) is 10.1. The smallest absolute Gasteiger partial charge is 0.251 e. The first kappa shape index (κ1) is 19.7. The van der Waals surface area contributed by atoms with E-state index in [1.807, 2.05) is 12.1 Å². The Balaban J connectivity index is 1.54. The van der Waals surface area contributed by atoms with Crippen LogP contribution in [0.15, 0.2) is 29.8 Å². The van der Waals surface area contributed by atoms with Gasteiger partial charge in [-0.3, -0.25) is 4.79 Å². The van der Waals surface area contributed by atoms with Gasteiger partial charge in [0.25, 0.3) is 5.91 Å². The molecule has 0 atom stereocenters. The topological polar surface area (TPSA) is 50.8 Å². The predicted octanol–water partition coefficient (Wildman–Crippen LogP) is 3.79. The number of nitrogens with one attached hydrogen (secondary N) is 1. The highest BCUT2D eigenvalue weighted by atomic mass is 16.5. The van der Waals surface area contributed by atoms with Crippen LogP contribution in [0.3, 0.4) is 0 Å². The van der Waals surface area contributed by atoms with Gasteiger partial charge in [0, 0.05) is 25.2 Å². The molecule has 1 amide bonds. The predicted molar refractivity (Wildman–Crippen MR) is 108 cm³/mol. The number of rotatable bonds is 7. The standard InChI is InChI=1S/C22H32N2O3/c1-24-14-11-19(12-15-24)27-20-9-8-18(16-21(20)26-2)22(25)23-13-10-17-6-4-3-5-7-17/h6,8-9,16,19H,3-5,7,10-15H2,1-2H3,(H,23,25). The number of benzene rings is 1. The highest BCUT2D eigenvalue weighted by Crippen LogP contribution is 2.30. The van der Waals surface area contributed by atoms with Crippen molar-refractivity contribution in [2.75, 3.05) is 33.8 Å². The molecule has 27 heavy (non-hydrogen) atoms. The second kappa shape index (κ2) is 9.79. The van der Waals surface area contributed by atoms with Crippen LogP contribution in [-0.2, 0) is 0 Å². The first-order valence-electron chi connectivity index (χ1n) is 10.1. The van der Waals surface area contributed by atoms with Gasteiger partial charge in [-0.25, -0.2) is 0 Å². The number of allylic oxidation sites excluding steroid dienone is 1. The minimum atomic E-state index is -0.0597. The molecule has 2 aliphatic rings. The summed E-state index contributed by atoms with van der Waals surface area (Å²) in [7, 11) is 3.75. The fourth-order valence-corrected chi connectivity index (χ4v) is 3.76. The summed E-state index contributed by atoms with van der Waals surface area (Å²) in [5.41, 5.74) is 2.08. The van der Waals surface area contributed by atoms with E-state index in [2.05, 4.69) is 23.3 Å². The van der Waals surface area contributed by atoms with Gasteiger partial charge in [-0.15, -0.1) is 0 Å². The molecule has 5 nitrogen and oxygen atoms in total. The third-order valence-electron chi connectivity index (χ3n) is 5.50. The molecule has 0 radical (unpaired) electrons. The number of methoxy groups -OCH3 is 1. The van der Waals surface area contributed by atoms with E-state index in [9.17, 15) is 4.79 Å². The number of piperidine rings is 1. The average molecular weight is 373 g/mol. The largest absolute Gasteiger partial charge is 0.493 e. The Kier molecular flexibility index (Phi) is 7.16. The Bertz CT molecular complexity index is 664. The summed E-state index contributed by atoms with van der Waals surface area (Å²) in [5.74, 6) is 1.28. The molecule has 0 unspecified atom stereocenters. The number of carbonyl (C=O) groups is 1. The minimum absolute atomic E-state index is 0.0597. The number of likely N-dealkylation sites (tertiary alicyclic amines) is 1. The molecule has 1 aliphatic carbocycles. The lowest BCUT2D eigenvalue weighted by Crippen LogP contribution is -2.35. The van der Waals surface area contributed by atoms with Gasteiger partial charge >= 0.3 is 0 Å². The third-order valence-corrected chi connectivity index (χ3v) is 5.50. The average Bonchev–Trinajstić information content (AvgIpc) is 2.70. The second-order valence-electron chi connectivity index (χ2n) is 7.60. The molecule has 0 aromatic heterocycles. The van der Waals surface area contributed by atoms with E-state index in [1.165, 1.54) is 31.3 Å². The molecule has 1 N–H and O–H groups in total. The lowest BCUT2D eigenvalue weighted by Gasteiger charge is -2.29. The van der Waals surface area contributed by atoms with Crippen molar-refractivity contribution in [3.05, 3.63) is 35.4 Å². The van der Waals surface area contributed by atoms with Crippen molar-refractivity contribution >= 4 is 5.91 Å². The molecule has 5 heteroatoms. The van der Waals surface area contributed by atoms with E-state index in [0.717, 1.165) is 38.1 Å². The van der Waals surface area contributed by atoms with Crippen molar-refractivity contribution in [1.29, 1.82) is 0 Å². The van der Waals surface area contributed by atoms with Gasteiger partial charge in [0.15, 0.2) is 11.5 Å². The molecule has 0 spiro atoms. The summed E-state index contributed by atoms with van der Waals surface area (Å²) >= 11 is 0. The first-order chi connectivity index (χ1) is 13.2. The fraction of sp³-hybridized carbons (Fsp3) is 0.591. The molecule has 1 heterocycles. The van der Waals surface area contributed by atoms with Crippen LogP contribution in [0.1, 0.15) is 55.3 Å². The molecule has 1 aromatic rings. The maximum Gasteiger partial charge on any atom is 0.251 e. The number of hydrogen-bond donors (Lipinski definition) is 1. The van der Waals surface area contributed by atoms with Crippen LogP contribution in [0.25, 0.3) is 0 Å². The summed E-state index contributed by atoms with van der Waals surface area (Å²) in [6.45, 7) is 2.77. The van der Waals surface area contributed by atoms with Gasteiger partial charge in [-0.2, -0.15) is 0 Å². The molecule has 3 rings (SSSR count). The summed E-state index contributed by atoms with van der Waals surface area (Å²) in [5, 5.41) is 3.02. The number of hydrogen-bond acceptors (Lipinski definition) is 4. The summed E-state index contributed by atoms with van der Waals surface area (Å²) < 4.78 is 11.6. The molecule has 1 fully saturated rings. The van der Waals surface area contributed by atoms with Gasteiger partial charge in [-0.05, 0) is 70.2 Å². The maximum atomic E-state index is 12.5. The molecule has 1 aromatic carbocycles. The van der Waals surface area contributed by atoms with Crippen molar-refractivity contribution in [3.63, 3.8) is 0 Å². The molecule has 1 aliphatic heterocycles. The Morgan fingerprint density at radius 1 is 1.22 bits per heavy atom. The van der Waals surface area contributed by atoms with E-state index in [0.29, 0.717) is 17.9 Å². The lowest BCUT2D eigenvalue weighted by atomic mass is 9.97. The van der Waals surface area contributed by atoms with Crippen molar-refractivity contribution in [2.45, 2.75) is 51.0 Å². The van der Waals surface area contributed by atoms with Crippen molar-refractivity contribution in [3.8, 4) is 11.5 Å². The molecular weight excluding hydrogens is 340 g/mol. The maximum absolute atomic E-state index is 12.5. The Morgan fingerprint density at radius 2 is 2.04 bits per heavy atom. The van der Waals surface area contributed by atoms with Crippen LogP contribution in [0.4, 0.5) is 0 Å². The number of amides is 1. The van der Waals surface area contributed by atoms with E-state index in [4.69, 9.17) is 9.47 Å². The fourth-order valence-electron chi connectivity index (χ4n) is 3.76. The Labute approximate surface area is 162 Å². The zero-order valence-corrected chi connectivity index (χ0v) is 16.6. The van der Waals surface area contributed by atoms with Crippen LogP contribution in [0.2, 0.25) is 0 Å². The summed E-state index contributed by atoms with van der Waals surface area (Å²) in [6, 6.07) is 5.46. The van der Waals surface area contributed by atoms with Gasteiger partial charge < -0.3 is 19.7 Å². The van der Waals surface area contributed by atoms with Gasteiger partial charge in [0.05, 0.1) is 7.11 Å². The molecule has 0 bridgehead atoms. The summed E-state index contributed by atoms with van der Waals surface area (Å²) in [4.78, 5) is 14.8. The third kappa shape index (κ3) is 5.73. The minimum Gasteiger partial charge on any atom is -0.493 e. The Hall–Kier alpha value is -2.01. The van der Waals surface area contributed by atoms with Crippen LogP contribution in [0.5, 0.6) is 11.5 Å². The van der Waals surface area contributed by atoms with Crippen molar-refractivity contribution in [2.24, 2.45) is 0 Å². The number of ether oxygens (including phenoxy) is 2. The van der Waals surface area contributed by atoms with Gasteiger partial charge in [-0.1, -0.05) is 11.6 Å². The van der Waals surface area contributed by atoms with Crippen molar-refractivity contribution in [1.82, 2.24) is 10.2 Å².